The summed E-state index contributed by atoms with van der Waals surface area (Å²) >= 11 is 0. The number of aromatic amines is 1. The van der Waals surface area contributed by atoms with Gasteiger partial charge in [0.2, 0.25) is 0 Å². The molecule has 4 heteroatoms. The molecule has 3 N–H and O–H groups in total. The first kappa shape index (κ1) is 9.86. The Bertz CT molecular complexity index is 572. The van der Waals surface area contributed by atoms with Gasteiger partial charge in [-0.3, -0.25) is 4.79 Å². The minimum absolute atomic E-state index is 0.165. The van der Waals surface area contributed by atoms with Crippen LogP contribution in [0.25, 0.3) is 11.0 Å². The summed E-state index contributed by atoms with van der Waals surface area (Å²) < 4.78 is 0. The van der Waals surface area contributed by atoms with Crippen LogP contribution in [0.5, 0.6) is 0 Å². The molecule has 78 valence electrons. The van der Waals surface area contributed by atoms with E-state index in [-0.39, 0.29) is 12.1 Å². The number of benzene rings is 1. The molecule has 0 saturated heterocycles. The fourth-order valence-corrected chi connectivity index (χ4v) is 1.52. The van der Waals surface area contributed by atoms with Gasteiger partial charge in [-0.2, -0.15) is 0 Å². The van der Waals surface area contributed by atoms with Crippen molar-refractivity contribution < 1.29 is 0 Å². The third kappa shape index (κ3) is 1.64. The Kier molecular flexibility index (Phi) is 2.28. The van der Waals surface area contributed by atoms with E-state index in [1.165, 1.54) is 0 Å². The third-order valence-electron chi connectivity index (χ3n) is 2.57. The van der Waals surface area contributed by atoms with Crippen LogP contribution in [0.15, 0.2) is 16.9 Å². The van der Waals surface area contributed by atoms with Crippen molar-refractivity contribution >= 4 is 11.0 Å². The minimum Gasteiger partial charge on any atom is -0.325 e. The molecule has 15 heavy (non-hydrogen) atoms. The number of aryl methyl sites for hydroxylation is 2. The zero-order valence-electron chi connectivity index (χ0n) is 8.79. The maximum Gasteiger partial charge on any atom is 0.271 e. The lowest BCUT2D eigenvalue weighted by Crippen LogP contribution is -2.18. The summed E-state index contributed by atoms with van der Waals surface area (Å²) in [4.78, 5) is 18.5. The molecule has 2 rings (SSSR count). The highest BCUT2D eigenvalue weighted by Gasteiger charge is 2.04. The average molecular weight is 203 g/mol. The molecule has 4 nitrogen and oxygen atoms in total. The summed E-state index contributed by atoms with van der Waals surface area (Å²) in [5.41, 5.74) is 9.46. The summed E-state index contributed by atoms with van der Waals surface area (Å²) in [5.74, 6) is 0. The molecule has 1 aromatic heterocycles. The summed E-state index contributed by atoms with van der Waals surface area (Å²) in [6, 6.07) is 3.89. The highest BCUT2D eigenvalue weighted by molar-refractivity contribution is 5.76. The number of hydrogen-bond donors (Lipinski definition) is 2. The van der Waals surface area contributed by atoms with E-state index in [9.17, 15) is 4.79 Å². The van der Waals surface area contributed by atoms with Crippen molar-refractivity contribution in [3.8, 4) is 0 Å². The Hall–Kier alpha value is -1.68. The van der Waals surface area contributed by atoms with E-state index >= 15 is 0 Å². The Morgan fingerprint density at radius 3 is 2.67 bits per heavy atom. The summed E-state index contributed by atoms with van der Waals surface area (Å²) in [6.45, 7) is 4.19. The Balaban J connectivity index is 2.82. The van der Waals surface area contributed by atoms with Gasteiger partial charge in [0.1, 0.15) is 5.69 Å². The molecule has 0 atom stereocenters. The van der Waals surface area contributed by atoms with Crippen LogP contribution in [0.3, 0.4) is 0 Å². The number of nitrogens with two attached hydrogens (primary N) is 1. The standard InChI is InChI=1S/C11H13N3O/c1-6-3-8-9(4-7(6)2)14-11(15)10(5-12)13-8/h3-4H,5,12H2,1-2H3,(H,14,15). The molecule has 0 unspecified atom stereocenters. The zero-order chi connectivity index (χ0) is 11.0. The number of aromatic nitrogens is 2. The second-order valence-corrected chi connectivity index (χ2v) is 3.67. The van der Waals surface area contributed by atoms with Gasteiger partial charge in [-0.1, -0.05) is 0 Å². The summed E-state index contributed by atoms with van der Waals surface area (Å²) in [7, 11) is 0. The molecular weight excluding hydrogens is 190 g/mol. The predicted octanol–water partition coefficient (Wildman–Crippen LogP) is 0.999. The van der Waals surface area contributed by atoms with Crippen molar-refractivity contribution in [1.82, 2.24) is 9.97 Å². The fourth-order valence-electron chi connectivity index (χ4n) is 1.52. The highest BCUT2D eigenvalue weighted by atomic mass is 16.1. The molecule has 0 saturated carbocycles. The molecule has 2 aromatic rings. The lowest BCUT2D eigenvalue weighted by molar-refractivity contribution is 0.959. The van der Waals surface area contributed by atoms with E-state index in [0.717, 1.165) is 22.2 Å². The molecule has 0 fully saturated rings. The van der Waals surface area contributed by atoms with E-state index in [1.54, 1.807) is 0 Å². The lowest BCUT2D eigenvalue weighted by Gasteiger charge is -2.04. The molecule has 0 aliphatic heterocycles. The van der Waals surface area contributed by atoms with Gasteiger partial charge in [0.05, 0.1) is 11.0 Å². The van der Waals surface area contributed by atoms with Gasteiger partial charge < -0.3 is 10.7 Å². The van der Waals surface area contributed by atoms with Crippen molar-refractivity contribution in [1.29, 1.82) is 0 Å². The van der Waals surface area contributed by atoms with E-state index in [0.29, 0.717) is 5.69 Å². The Morgan fingerprint density at radius 2 is 2.00 bits per heavy atom. The summed E-state index contributed by atoms with van der Waals surface area (Å²) in [6.07, 6.45) is 0. The molecule has 1 heterocycles. The average Bonchev–Trinajstić information content (AvgIpc) is 2.20. The van der Waals surface area contributed by atoms with Crippen LogP contribution in [-0.4, -0.2) is 9.97 Å². The second kappa shape index (κ2) is 3.47. The van der Waals surface area contributed by atoms with Crippen LogP contribution >= 0.6 is 0 Å². The van der Waals surface area contributed by atoms with Crippen LogP contribution in [0.4, 0.5) is 0 Å². The fraction of sp³-hybridized carbons (Fsp3) is 0.273. The topological polar surface area (TPSA) is 71.8 Å². The first-order valence-corrected chi connectivity index (χ1v) is 4.82. The van der Waals surface area contributed by atoms with Crippen molar-refractivity contribution in [2.24, 2.45) is 5.73 Å². The van der Waals surface area contributed by atoms with Gasteiger partial charge in [0.25, 0.3) is 5.56 Å². The first-order chi connectivity index (χ1) is 7.11. The molecule has 0 amide bonds. The molecule has 1 aromatic carbocycles. The quantitative estimate of drug-likeness (QED) is 0.726. The van der Waals surface area contributed by atoms with E-state index in [4.69, 9.17) is 5.73 Å². The smallest absolute Gasteiger partial charge is 0.271 e. The molecule has 0 bridgehead atoms. The lowest BCUT2D eigenvalue weighted by atomic mass is 10.1. The van der Waals surface area contributed by atoms with Crippen molar-refractivity contribution in [3.05, 3.63) is 39.3 Å². The van der Waals surface area contributed by atoms with Gasteiger partial charge in [0.15, 0.2) is 0 Å². The van der Waals surface area contributed by atoms with Gasteiger partial charge in [-0.15, -0.1) is 0 Å². The number of rotatable bonds is 1. The van der Waals surface area contributed by atoms with Crippen LogP contribution < -0.4 is 11.3 Å². The Labute approximate surface area is 87.1 Å². The van der Waals surface area contributed by atoms with Crippen LogP contribution in [0.1, 0.15) is 16.8 Å². The van der Waals surface area contributed by atoms with Gasteiger partial charge in [0, 0.05) is 6.54 Å². The number of fused-ring (bicyclic) bond motifs is 1. The number of hydrogen-bond acceptors (Lipinski definition) is 3. The monoisotopic (exact) mass is 203 g/mol. The largest absolute Gasteiger partial charge is 0.325 e. The molecular formula is C11H13N3O. The maximum atomic E-state index is 11.5. The maximum absolute atomic E-state index is 11.5. The van der Waals surface area contributed by atoms with Gasteiger partial charge in [-0.25, -0.2) is 4.98 Å². The minimum atomic E-state index is -0.201. The van der Waals surface area contributed by atoms with Crippen molar-refractivity contribution in [3.63, 3.8) is 0 Å². The van der Waals surface area contributed by atoms with Crippen molar-refractivity contribution in [2.75, 3.05) is 0 Å². The Morgan fingerprint density at radius 1 is 1.33 bits per heavy atom. The van der Waals surface area contributed by atoms with Crippen molar-refractivity contribution in [2.45, 2.75) is 20.4 Å². The summed E-state index contributed by atoms with van der Waals surface area (Å²) in [5, 5.41) is 0. The van der Waals surface area contributed by atoms with E-state index in [1.807, 2.05) is 26.0 Å². The van der Waals surface area contributed by atoms with Gasteiger partial charge in [-0.05, 0) is 37.1 Å². The SMILES string of the molecule is Cc1cc2nc(CN)c(=O)[nH]c2cc1C. The number of nitrogens with one attached hydrogen (secondary N) is 1. The molecule has 0 aliphatic carbocycles. The number of nitrogens with zero attached hydrogens (tertiary/aromatic N) is 1. The van der Waals surface area contributed by atoms with Gasteiger partial charge >= 0.3 is 0 Å². The third-order valence-corrected chi connectivity index (χ3v) is 2.57. The molecule has 0 radical (unpaired) electrons. The van der Waals surface area contributed by atoms with Crippen LogP contribution in [0, 0.1) is 13.8 Å². The van der Waals surface area contributed by atoms with Crippen LogP contribution in [0.2, 0.25) is 0 Å². The first-order valence-electron chi connectivity index (χ1n) is 4.82. The highest BCUT2D eigenvalue weighted by Crippen LogP contribution is 2.14. The number of H-pyrrole nitrogens is 1. The van der Waals surface area contributed by atoms with Crippen LogP contribution in [-0.2, 0) is 6.54 Å². The predicted molar refractivity (Wildman–Crippen MR) is 59.7 cm³/mol. The normalized spacial score (nSPS) is 10.9. The molecule has 0 aliphatic rings. The second-order valence-electron chi connectivity index (χ2n) is 3.67. The zero-order valence-corrected chi connectivity index (χ0v) is 8.79. The van der Waals surface area contributed by atoms with E-state index < -0.39 is 0 Å². The van der Waals surface area contributed by atoms with E-state index in [2.05, 4.69) is 9.97 Å². The molecule has 0 spiro atoms.